The fraction of sp³-hybridized carbons (Fsp3) is 0.769. The fourth-order valence-corrected chi connectivity index (χ4v) is 2.72. The smallest absolute Gasteiger partial charge is 0.303 e. The van der Waals surface area contributed by atoms with Crippen LogP contribution < -0.4 is 0 Å². The summed E-state index contributed by atoms with van der Waals surface area (Å²) in [6.45, 7) is 9.90. The Balaban J connectivity index is 2.75. The standard InChI is InChI=1S/C13H22O2/c1-9-6-7-12(10(2)8-9)13(4,5)15-11(3)14/h8,10,12H,6-7H2,1-5H3/t10-,12?/m0/s1. The molecule has 2 heteroatoms. The lowest BCUT2D eigenvalue weighted by Gasteiger charge is -2.39. The summed E-state index contributed by atoms with van der Waals surface area (Å²) < 4.78 is 5.41. The van der Waals surface area contributed by atoms with Crippen molar-refractivity contribution in [2.75, 3.05) is 0 Å². The van der Waals surface area contributed by atoms with Gasteiger partial charge < -0.3 is 4.74 Å². The third kappa shape index (κ3) is 3.08. The van der Waals surface area contributed by atoms with E-state index in [1.165, 1.54) is 12.5 Å². The van der Waals surface area contributed by atoms with Gasteiger partial charge in [-0.1, -0.05) is 18.6 Å². The van der Waals surface area contributed by atoms with Crippen molar-refractivity contribution in [1.29, 1.82) is 0 Å². The van der Waals surface area contributed by atoms with Gasteiger partial charge in [0, 0.05) is 12.8 Å². The van der Waals surface area contributed by atoms with Crippen molar-refractivity contribution in [3.05, 3.63) is 11.6 Å². The van der Waals surface area contributed by atoms with Crippen LogP contribution in [0.5, 0.6) is 0 Å². The lowest BCUT2D eigenvalue weighted by atomic mass is 9.73. The van der Waals surface area contributed by atoms with Crippen molar-refractivity contribution < 1.29 is 9.53 Å². The molecule has 0 N–H and O–H groups in total. The third-order valence-corrected chi connectivity index (χ3v) is 3.33. The number of carbonyl (C=O) groups is 1. The van der Waals surface area contributed by atoms with E-state index in [0.717, 1.165) is 12.8 Å². The van der Waals surface area contributed by atoms with Gasteiger partial charge in [-0.15, -0.1) is 0 Å². The van der Waals surface area contributed by atoms with Crippen LogP contribution in [0.15, 0.2) is 11.6 Å². The van der Waals surface area contributed by atoms with Gasteiger partial charge >= 0.3 is 5.97 Å². The van der Waals surface area contributed by atoms with E-state index in [2.05, 4.69) is 19.9 Å². The summed E-state index contributed by atoms with van der Waals surface area (Å²) in [5, 5.41) is 0. The van der Waals surface area contributed by atoms with E-state index in [0.29, 0.717) is 11.8 Å². The number of esters is 1. The number of rotatable bonds is 2. The van der Waals surface area contributed by atoms with Gasteiger partial charge in [-0.3, -0.25) is 4.79 Å². The van der Waals surface area contributed by atoms with E-state index in [4.69, 9.17) is 4.74 Å². The van der Waals surface area contributed by atoms with Crippen LogP contribution in [0.4, 0.5) is 0 Å². The number of ether oxygens (including phenoxy) is 1. The predicted octanol–water partition coefficient (Wildman–Crippen LogP) is 3.32. The summed E-state index contributed by atoms with van der Waals surface area (Å²) in [4.78, 5) is 11.0. The molecule has 15 heavy (non-hydrogen) atoms. The van der Waals surface area contributed by atoms with E-state index in [-0.39, 0.29) is 11.6 Å². The monoisotopic (exact) mass is 210 g/mol. The highest BCUT2D eigenvalue weighted by atomic mass is 16.6. The molecule has 0 aromatic heterocycles. The highest BCUT2D eigenvalue weighted by molar-refractivity contribution is 5.66. The van der Waals surface area contributed by atoms with Crippen LogP contribution in [0.3, 0.4) is 0 Å². The topological polar surface area (TPSA) is 26.3 Å². The summed E-state index contributed by atoms with van der Waals surface area (Å²) in [6.07, 6.45) is 4.54. The first kappa shape index (κ1) is 12.3. The second-order valence-electron chi connectivity index (χ2n) is 5.21. The SMILES string of the molecule is CC(=O)OC(C)(C)C1CCC(C)=C[C@@H]1C. The summed E-state index contributed by atoms with van der Waals surface area (Å²) in [7, 11) is 0. The molecule has 0 heterocycles. The van der Waals surface area contributed by atoms with Crippen molar-refractivity contribution >= 4 is 5.97 Å². The maximum atomic E-state index is 11.0. The molecule has 0 saturated heterocycles. The van der Waals surface area contributed by atoms with Crippen LogP contribution in [-0.4, -0.2) is 11.6 Å². The number of carbonyl (C=O) groups excluding carboxylic acids is 1. The first-order valence-corrected chi connectivity index (χ1v) is 5.70. The number of hydrogen-bond donors (Lipinski definition) is 0. The van der Waals surface area contributed by atoms with E-state index >= 15 is 0 Å². The maximum absolute atomic E-state index is 11.0. The van der Waals surface area contributed by atoms with E-state index < -0.39 is 0 Å². The van der Waals surface area contributed by atoms with Gasteiger partial charge in [-0.05, 0) is 39.5 Å². The Labute approximate surface area is 92.7 Å². The molecule has 0 aliphatic heterocycles. The van der Waals surface area contributed by atoms with Gasteiger partial charge in [0.25, 0.3) is 0 Å². The Morgan fingerprint density at radius 2 is 2.13 bits per heavy atom. The lowest BCUT2D eigenvalue weighted by Crippen LogP contribution is -2.40. The molecule has 0 aromatic rings. The average Bonchev–Trinajstić information content (AvgIpc) is 1.99. The molecule has 0 fully saturated rings. The van der Waals surface area contributed by atoms with Crippen molar-refractivity contribution in [3.63, 3.8) is 0 Å². The van der Waals surface area contributed by atoms with Crippen LogP contribution in [-0.2, 0) is 9.53 Å². The first-order chi connectivity index (χ1) is 6.83. The highest BCUT2D eigenvalue weighted by Gasteiger charge is 2.36. The normalized spacial score (nSPS) is 27.1. The Morgan fingerprint density at radius 3 is 2.60 bits per heavy atom. The molecule has 1 aliphatic rings. The quantitative estimate of drug-likeness (QED) is 0.516. The molecular weight excluding hydrogens is 188 g/mol. The van der Waals surface area contributed by atoms with E-state index in [9.17, 15) is 4.79 Å². The number of allylic oxidation sites excluding steroid dienone is 2. The summed E-state index contributed by atoms with van der Waals surface area (Å²) in [6, 6.07) is 0. The van der Waals surface area contributed by atoms with Gasteiger partial charge in [0.2, 0.25) is 0 Å². The molecule has 1 aliphatic carbocycles. The molecule has 0 saturated carbocycles. The summed E-state index contributed by atoms with van der Waals surface area (Å²) in [5.41, 5.74) is 1.11. The predicted molar refractivity (Wildman–Crippen MR) is 61.5 cm³/mol. The molecule has 2 atom stereocenters. The van der Waals surface area contributed by atoms with Gasteiger partial charge in [0.05, 0.1) is 0 Å². The van der Waals surface area contributed by atoms with Gasteiger partial charge in [0.15, 0.2) is 0 Å². The van der Waals surface area contributed by atoms with Gasteiger partial charge in [-0.25, -0.2) is 0 Å². The van der Waals surface area contributed by atoms with Crippen LogP contribution in [0.2, 0.25) is 0 Å². The van der Waals surface area contributed by atoms with Crippen molar-refractivity contribution in [2.45, 2.75) is 53.1 Å². The van der Waals surface area contributed by atoms with Crippen LogP contribution in [0, 0.1) is 11.8 Å². The largest absolute Gasteiger partial charge is 0.460 e. The molecule has 86 valence electrons. The Bertz CT molecular complexity index is 276. The second-order valence-corrected chi connectivity index (χ2v) is 5.21. The Morgan fingerprint density at radius 1 is 1.53 bits per heavy atom. The van der Waals surface area contributed by atoms with Crippen molar-refractivity contribution in [1.82, 2.24) is 0 Å². The molecule has 2 nitrogen and oxygen atoms in total. The zero-order valence-corrected chi connectivity index (χ0v) is 10.5. The Hall–Kier alpha value is -0.790. The van der Waals surface area contributed by atoms with E-state index in [1.807, 2.05) is 13.8 Å². The minimum atomic E-state index is -0.345. The van der Waals surface area contributed by atoms with Crippen LogP contribution >= 0.6 is 0 Å². The molecule has 1 rings (SSSR count). The lowest BCUT2D eigenvalue weighted by molar-refractivity contribution is -0.160. The molecule has 0 bridgehead atoms. The van der Waals surface area contributed by atoms with E-state index in [1.54, 1.807) is 0 Å². The first-order valence-electron chi connectivity index (χ1n) is 5.70. The van der Waals surface area contributed by atoms with Crippen LogP contribution in [0.25, 0.3) is 0 Å². The molecule has 0 aromatic carbocycles. The average molecular weight is 210 g/mol. The van der Waals surface area contributed by atoms with Crippen molar-refractivity contribution in [2.24, 2.45) is 11.8 Å². The molecule has 1 unspecified atom stereocenters. The van der Waals surface area contributed by atoms with Crippen molar-refractivity contribution in [3.8, 4) is 0 Å². The highest BCUT2D eigenvalue weighted by Crippen LogP contribution is 2.37. The molecule has 0 amide bonds. The second kappa shape index (κ2) is 4.38. The van der Waals surface area contributed by atoms with Crippen LogP contribution in [0.1, 0.15) is 47.5 Å². The third-order valence-electron chi connectivity index (χ3n) is 3.33. The molecule has 0 radical (unpaired) electrons. The number of hydrogen-bond acceptors (Lipinski definition) is 2. The minimum absolute atomic E-state index is 0.182. The minimum Gasteiger partial charge on any atom is -0.460 e. The summed E-state index contributed by atoms with van der Waals surface area (Å²) >= 11 is 0. The Kier molecular flexibility index (Phi) is 3.58. The zero-order valence-electron chi connectivity index (χ0n) is 10.5. The summed E-state index contributed by atoms with van der Waals surface area (Å²) in [5.74, 6) is 0.747. The maximum Gasteiger partial charge on any atom is 0.303 e. The fourth-order valence-electron chi connectivity index (χ4n) is 2.72. The molecule has 0 spiro atoms. The zero-order chi connectivity index (χ0) is 11.6. The molecular formula is C13H22O2. The van der Waals surface area contributed by atoms with Gasteiger partial charge in [-0.2, -0.15) is 0 Å². The van der Waals surface area contributed by atoms with Gasteiger partial charge in [0.1, 0.15) is 5.60 Å².